The van der Waals surface area contributed by atoms with Crippen LogP contribution in [0.3, 0.4) is 0 Å². The molecule has 7 N–H and O–H groups in total. The number of hydrogen-bond acceptors (Lipinski definition) is 15. The van der Waals surface area contributed by atoms with Gasteiger partial charge in [-0.25, -0.2) is 0 Å². The molecule has 15 nitrogen and oxygen atoms in total. The molecule has 2 aliphatic rings. The van der Waals surface area contributed by atoms with Gasteiger partial charge in [-0.3, -0.25) is 9.59 Å². The molecule has 2 heterocycles. The zero-order valence-electron chi connectivity index (χ0n) is 42.0. The molecule has 2 rings (SSSR count). The van der Waals surface area contributed by atoms with E-state index in [-0.39, 0.29) is 19.4 Å². The van der Waals surface area contributed by atoms with Crippen molar-refractivity contribution in [1.29, 1.82) is 0 Å². The summed E-state index contributed by atoms with van der Waals surface area (Å²) in [7, 11) is 0. The molecule has 5 unspecified atom stereocenters. The highest BCUT2D eigenvalue weighted by molar-refractivity contribution is 5.70. The molecule has 0 radical (unpaired) electrons. The van der Waals surface area contributed by atoms with Crippen LogP contribution in [-0.2, 0) is 38.0 Å². The predicted octanol–water partition coefficient (Wildman–Crippen LogP) is 7.66. The van der Waals surface area contributed by atoms with Gasteiger partial charge >= 0.3 is 11.9 Å². The van der Waals surface area contributed by atoms with Crippen molar-refractivity contribution in [2.24, 2.45) is 0 Å². The van der Waals surface area contributed by atoms with Gasteiger partial charge in [-0.1, -0.05) is 158 Å². The Morgan fingerprint density at radius 3 is 1.49 bits per heavy atom. The quantitative estimate of drug-likeness (QED) is 0.0178. The zero-order valence-corrected chi connectivity index (χ0v) is 42.0. The van der Waals surface area contributed by atoms with Gasteiger partial charge in [-0.05, 0) is 64.2 Å². The van der Waals surface area contributed by atoms with Crippen LogP contribution in [0.15, 0.2) is 60.8 Å². The summed E-state index contributed by atoms with van der Waals surface area (Å²) >= 11 is 0. The molecule has 0 aromatic carbocycles. The normalized spacial score (nSPS) is 26.0. The first-order valence-corrected chi connectivity index (χ1v) is 26.4. The fraction of sp³-hybridized carbons (Fsp3) is 0.778. The molecular weight excluding hydrogens is 889 g/mol. The van der Waals surface area contributed by atoms with Crippen molar-refractivity contribution < 1.29 is 73.8 Å². The Hall–Kier alpha value is -2.80. The van der Waals surface area contributed by atoms with Crippen molar-refractivity contribution in [1.82, 2.24) is 0 Å². The summed E-state index contributed by atoms with van der Waals surface area (Å²) in [6, 6.07) is 0. The van der Waals surface area contributed by atoms with E-state index in [1.165, 1.54) is 77.0 Å². The second-order valence-corrected chi connectivity index (χ2v) is 18.3. The van der Waals surface area contributed by atoms with Crippen LogP contribution in [0.25, 0.3) is 0 Å². The van der Waals surface area contributed by atoms with E-state index in [1.54, 1.807) is 0 Å². The fourth-order valence-electron chi connectivity index (χ4n) is 7.93. The van der Waals surface area contributed by atoms with Gasteiger partial charge in [0, 0.05) is 12.8 Å². The van der Waals surface area contributed by atoms with Crippen LogP contribution in [0.2, 0.25) is 0 Å². The first-order valence-electron chi connectivity index (χ1n) is 26.4. The van der Waals surface area contributed by atoms with Gasteiger partial charge in [0.2, 0.25) is 0 Å². The lowest BCUT2D eigenvalue weighted by molar-refractivity contribution is -0.332. The monoisotopic (exact) mass is 981 g/mol. The minimum atomic E-state index is -1.78. The molecule has 0 aliphatic carbocycles. The predicted molar refractivity (Wildman–Crippen MR) is 266 cm³/mol. The molecule has 0 amide bonds. The zero-order chi connectivity index (χ0) is 50.3. The van der Waals surface area contributed by atoms with Crippen LogP contribution < -0.4 is 0 Å². The second-order valence-electron chi connectivity index (χ2n) is 18.3. The highest BCUT2D eigenvalue weighted by atomic mass is 16.7. The lowest BCUT2D eigenvalue weighted by atomic mass is 9.98. The highest BCUT2D eigenvalue weighted by Crippen LogP contribution is 2.26. The van der Waals surface area contributed by atoms with Gasteiger partial charge in [0.1, 0.15) is 55.4 Å². The van der Waals surface area contributed by atoms with Crippen LogP contribution in [0.5, 0.6) is 0 Å². The number of aliphatic hydroxyl groups is 7. The molecular formula is C54H92O15. The minimum absolute atomic E-state index is 0.0565. The number of allylic oxidation sites excluding steroid dienone is 10. The largest absolute Gasteiger partial charge is 0.462 e. The second kappa shape index (κ2) is 40.8. The number of carbonyl (C=O) groups excluding carboxylic acids is 2. The van der Waals surface area contributed by atoms with Gasteiger partial charge < -0.3 is 64.2 Å². The summed E-state index contributed by atoms with van der Waals surface area (Å²) in [4.78, 5) is 25.7. The van der Waals surface area contributed by atoms with Crippen LogP contribution in [-0.4, -0.2) is 142 Å². The third-order valence-corrected chi connectivity index (χ3v) is 12.2. The number of ether oxygens (including phenoxy) is 6. The Bertz CT molecular complexity index is 1430. The third-order valence-electron chi connectivity index (χ3n) is 12.2. The average Bonchev–Trinajstić information content (AvgIpc) is 3.34. The Kier molecular flexibility index (Phi) is 36.8. The molecule has 2 fully saturated rings. The molecule has 0 saturated carbocycles. The summed E-state index contributed by atoms with van der Waals surface area (Å²) < 4.78 is 33.5. The number of esters is 2. The van der Waals surface area contributed by atoms with E-state index in [4.69, 9.17) is 28.4 Å². The van der Waals surface area contributed by atoms with E-state index in [0.29, 0.717) is 12.8 Å². The fourth-order valence-corrected chi connectivity index (χ4v) is 7.93. The minimum Gasteiger partial charge on any atom is -0.462 e. The molecule has 0 aromatic heterocycles. The number of carbonyl (C=O) groups is 2. The van der Waals surface area contributed by atoms with E-state index in [2.05, 4.69) is 62.5 Å². The van der Waals surface area contributed by atoms with Crippen molar-refractivity contribution in [2.45, 2.75) is 242 Å². The molecule has 0 spiro atoms. The molecule has 69 heavy (non-hydrogen) atoms. The third kappa shape index (κ3) is 28.7. The van der Waals surface area contributed by atoms with Gasteiger partial charge in [0.05, 0.1) is 19.8 Å². The molecule has 0 bridgehead atoms. The number of hydrogen-bond donors (Lipinski definition) is 7. The average molecular weight is 981 g/mol. The van der Waals surface area contributed by atoms with E-state index in [9.17, 15) is 45.3 Å². The van der Waals surface area contributed by atoms with Crippen LogP contribution in [0.1, 0.15) is 174 Å². The van der Waals surface area contributed by atoms with Crippen LogP contribution in [0, 0.1) is 0 Å². The molecule has 398 valence electrons. The summed E-state index contributed by atoms with van der Waals surface area (Å²) in [6.07, 6.45) is 29.8. The summed E-state index contributed by atoms with van der Waals surface area (Å²) in [5.74, 6) is -1.01. The smallest absolute Gasteiger partial charge is 0.306 e. The Balaban J connectivity index is 1.79. The topological polar surface area (TPSA) is 231 Å². The van der Waals surface area contributed by atoms with Gasteiger partial charge in [-0.2, -0.15) is 0 Å². The molecule has 2 aliphatic heterocycles. The summed E-state index contributed by atoms with van der Waals surface area (Å²) in [5, 5.41) is 72.1. The lowest BCUT2D eigenvalue weighted by Crippen LogP contribution is -2.61. The number of aliphatic hydroxyl groups excluding tert-OH is 7. The molecule has 2 saturated heterocycles. The summed E-state index contributed by atoms with van der Waals surface area (Å²) in [5.41, 5.74) is 0. The van der Waals surface area contributed by atoms with Crippen molar-refractivity contribution in [3.05, 3.63) is 60.8 Å². The van der Waals surface area contributed by atoms with Crippen LogP contribution in [0.4, 0.5) is 0 Å². The first-order chi connectivity index (χ1) is 33.5. The Morgan fingerprint density at radius 2 is 0.942 bits per heavy atom. The first kappa shape index (κ1) is 62.3. The van der Waals surface area contributed by atoms with E-state index < -0.39 is 99.3 Å². The van der Waals surface area contributed by atoms with E-state index >= 15 is 0 Å². The van der Waals surface area contributed by atoms with E-state index in [1.807, 2.05) is 12.2 Å². The molecule has 0 aromatic rings. The van der Waals surface area contributed by atoms with Gasteiger partial charge in [-0.15, -0.1) is 0 Å². The van der Waals surface area contributed by atoms with Gasteiger partial charge in [0.25, 0.3) is 0 Å². The highest BCUT2D eigenvalue weighted by Gasteiger charge is 2.47. The summed E-state index contributed by atoms with van der Waals surface area (Å²) in [6.45, 7) is 2.40. The maximum Gasteiger partial charge on any atom is 0.306 e. The van der Waals surface area contributed by atoms with Crippen molar-refractivity contribution in [3.8, 4) is 0 Å². The SMILES string of the molecule is CC/C=C/C/C=C/C/C=C/CCCCCCCCCCCCC(=O)OCC(CO[C@@H]1O[C@H](CO[C@@H]2O[C@H](CO)[C@H](O)C(O)C2O)[C@H](O)C(O)C1O)OC(=O)CC/C=C/C/C=C/CCCCCCCC. The molecule has 11 atom stereocenters. The Morgan fingerprint density at radius 1 is 0.478 bits per heavy atom. The van der Waals surface area contributed by atoms with Crippen molar-refractivity contribution in [2.75, 3.05) is 26.4 Å². The van der Waals surface area contributed by atoms with Gasteiger partial charge in [0.15, 0.2) is 18.7 Å². The standard InChI is InChI=1S/C54H92O15/c1-3-5-7-9-11-13-15-17-18-19-20-21-22-23-25-26-28-30-32-34-36-45(56)64-39-42(67-46(57)37-35-33-31-29-27-24-16-14-12-10-8-6-4-2)40-65-53-52(63)50(61)48(59)44(69-53)41-66-54-51(62)49(60)47(58)43(38-55)68-54/h5,7,11,13,17-18,24,27,31,33,42-44,47-55,58-63H,3-4,6,8-10,12,14-16,19-23,25-26,28-30,32,34-41H2,1-2H3/b7-5+,13-11+,18-17+,27-24+,33-31+/t42?,43-,44-,47+,48+,49?,50?,51?,52?,53-,54-/m1/s1. The number of rotatable bonds is 40. The van der Waals surface area contributed by atoms with Crippen molar-refractivity contribution in [3.63, 3.8) is 0 Å². The molecule has 15 heteroatoms. The number of unbranched alkanes of at least 4 members (excludes halogenated alkanes) is 16. The Labute approximate surface area is 413 Å². The van der Waals surface area contributed by atoms with E-state index in [0.717, 1.165) is 57.8 Å². The maximum atomic E-state index is 13.0. The lowest BCUT2D eigenvalue weighted by Gasteiger charge is -2.42. The van der Waals surface area contributed by atoms with Crippen molar-refractivity contribution >= 4 is 11.9 Å². The van der Waals surface area contributed by atoms with Crippen LogP contribution >= 0.6 is 0 Å². The maximum absolute atomic E-state index is 13.0.